The predicted molar refractivity (Wildman–Crippen MR) is 80.1 cm³/mol. The second kappa shape index (κ2) is 6.57. The fourth-order valence-electron chi connectivity index (χ4n) is 2.51. The molecule has 1 saturated heterocycles. The van der Waals surface area contributed by atoms with Crippen LogP contribution in [0.2, 0.25) is 0 Å². The van der Waals surface area contributed by atoms with E-state index in [9.17, 15) is 4.79 Å². The van der Waals surface area contributed by atoms with Gasteiger partial charge in [0.25, 0.3) is 0 Å². The number of nitrogens with zero attached hydrogens (tertiary/aromatic N) is 1. The number of aliphatic carboxylic acids is 1. The number of ether oxygens (including phenoxy) is 1. The van der Waals surface area contributed by atoms with E-state index in [-0.39, 0.29) is 0 Å². The minimum atomic E-state index is -0.923. The van der Waals surface area contributed by atoms with Crippen LogP contribution in [0.15, 0.2) is 24.3 Å². The number of hydrogen-bond donors (Lipinski definition) is 1. The number of carboxylic acid groups (broad SMARTS) is 1. The molecule has 0 amide bonds. The molecule has 0 aromatic heterocycles. The lowest BCUT2D eigenvalue weighted by molar-refractivity contribution is -0.131. The Morgan fingerprint density at radius 1 is 1.40 bits per heavy atom. The largest absolute Gasteiger partial charge is 0.478 e. The minimum Gasteiger partial charge on any atom is -0.478 e. The molecular formula is C16H21NO3. The lowest BCUT2D eigenvalue weighted by Gasteiger charge is -2.33. The van der Waals surface area contributed by atoms with Gasteiger partial charge in [0, 0.05) is 38.1 Å². The van der Waals surface area contributed by atoms with Gasteiger partial charge in [-0.2, -0.15) is 0 Å². The van der Waals surface area contributed by atoms with Gasteiger partial charge in [-0.05, 0) is 49.1 Å². The molecule has 0 saturated carbocycles. The van der Waals surface area contributed by atoms with Crippen LogP contribution in [0, 0.1) is 6.92 Å². The first-order chi connectivity index (χ1) is 9.58. The van der Waals surface area contributed by atoms with Crippen molar-refractivity contribution in [2.45, 2.75) is 25.8 Å². The highest BCUT2D eigenvalue weighted by Gasteiger charge is 2.18. The number of aryl methyl sites for hydroxylation is 1. The van der Waals surface area contributed by atoms with Crippen LogP contribution in [0.1, 0.15) is 24.0 Å². The van der Waals surface area contributed by atoms with Gasteiger partial charge in [0.1, 0.15) is 0 Å². The Bertz CT molecular complexity index is 504. The zero-order valence-electron chi connectivity index (χ0n) is 12.0. The SMILES string of the molecule is Cc1cc(N(C)C2CCOCC2)ccc1C=CC(=O)O. The van der Waals surface area contributed by atoms with Crippen LogP contribution >= 0.6 is 0 Å². The number of carbonyl (C=O) groups is 1. The molecule has 0 spiro atoms. The second-order valence-corrected chi connectivity index (χ2v) is 5.17. The molecule has 0 atom stereocenters. The van der Waals surface area contributed by atoms with Crippen LogP contribution in [0.4, 0.5) is 5.69 Å². The van der Waals surface area contributed by atoms with E-state index in [0.29, 0.717) is 6.04 Å². The lowest BCUT2D eigenvalue weighted by atomic mass is 10.0. The molecule has 4 nitrogen and oxygen atoms in total. The molecule has 0 aliphatic carbocycles. The van der Waals surface area contributed by atoms with E-state index in [4.69, 9.17) is 9.84 Å². The molecule has 1 aliphatic heterocycles. The van der Waals surface area contributed by atoms with Crippen molar-refractivity contribution in [1.82, 2.24) is 0 Å². The zero-order valence-corrected chi connectivity index (χ0v) is 12.0. The van der Waals surface area contributed by atoms with Gasteiger partial charge in [-0.25, -0.2) is 4.79 Å². The highest BCUT2D eigenvalue weighted by molar-refractivity contribution is 5.85. The maximum Gasteiger partial charge on any atom is 0.328 e. The van der Waals surface area contributed by atoms with Crippen LogP contribution in [0.25, 0.3) is 6.08 Å². The first kappa shape index (κ1) is 14.6. The predicted octanol–water partition coefficient (Wildman–Crippen LogP) is 2.71. The van der Waals surface area contributed by atoms with Crippen molar-refractivity contribution in [3.8, 4) is 0 Å². The lowest BCUT2D eigenvalue weighted by Crippen LogP contribution is -2.36. The normalized spacial score (nSPS) is 16.5. The van der Waals surface area contributed by atoms with Crippen molar-refractivity contribution in [3.05, 3.63) is 35.4 Å². The summed E-state index contributed by atoms with van der Waals surface area (Å²) in [6.45, 7) is 3.66. The van der Waals surface area contributed by atoms with Crippen molar-refractivity contribution < 1.29 is 14.6 Å². The van der Waals surface area contributed by atoms with Gasteiger partial charge in [-0.3, -0.25) is 0 Å². The molecule has 1 heterocycles. The number of anilines is 1. The molecule has 1 aliphatic rings. The number of benzene rings is 1. The molecular weight excluding hydrogens is 254 g/mol. The highest BCUT2D eigenvalue weighted by atomic mass is 16.5. The summed E-state index contributed by atoms with van der Waals surface area (Å²) < 4.78 is 5.39. The molecule has 0 radical (unpaired) electrons. The topological polar surface area (TPSA) is 49.8 Å². The maximum atomic E-state index is 10.6. The van der Waals surface area contributed by atoms with E-state index in [1.807, 2.05) is 19.1 Å². The average molecular weight is 275 g/mol. The minimum absolute atomic E-state index is 0.517. The van der Waals surface area contributed by atoms with Gasteiger partial charge in [0.2, 0.25) is 0 Å². The Morgan fingerprint density at radius 2 is 2.10 bits per heavy atom. The standard InChI is InChI=1S/C16H21NO3/c1-12-11-15(5-3-13(12)4-6-16(18)19)17(2)14-7-9-20-10-8-14/h3-6,11,14H,7-10H2,1-2H3,(H,18,19). The van der Waals surface area contributed by atoms with Gasteiger partial charge in [-0.1, -0.05) is 6.07 Å². The molecule has 4 heteroatoms. The van der Waals surface area contributed by atoms with Gasteiger partial charge in [0.15, 0.2) is 0 Å². The molecule has 1 fully saturated rings. The van der Waals surface area contributed by atoms with Gasteiger partial charge >= 0.3 is 5.97 Å². The van der Waals surface area contributed by atoms with Crippen molar-refractivity contribution in [2.24, 2.45) is 0 Å². The highest BCUT2D eigenvalue weighted by Crippen LogP contribution is 2.24. The quantitative estimate of drug-likeness (QED) is 0.858. The Hall–Kier alpha value is -1.81. The Kier molecular flexibility index (Phi) is 4.79. The smallest absolute Gasteiger partial charge is 0.328 e. The van der Waals surface area contributed by atoms with Crippen molar-refractivity contribution >= 4 is 17.7 Å². The molecule has 0 unspecified atom stereocenters. The first-order valence-electron chi connectivity index (χ1n) is 6.90. The van der Waals surface area contributed by atoms with Crippen LogP contribution in [-0.2, 0) is 9.53 Å². The summed E-state index contributed by atoms with van der Waals surface area (Å²) in [7, 11) is 2.11. The summed E-state index contributed by atoms with van der Waals surface area (Å²) in [6, 6.07) is 6.64. The van der Waals surface area contributed by atoms with E-state index in [0.717, 1.165) is 37.2 Å². The molecule has 108 valence electrons. The molecule has 20 heavy (non-hydrogen) atoms. The summed E-state index contributed by atoms with van der Waals surface area (Å²) in [6.07, 6.45) is 4.91. The number of hydrogen-bond acceptors (Lipinski definition) is 3. The third-order valence-corrected chi connectivity index (χ3v) is 3.80. The van der Waals surface area contributed by atoms with Crippen molar-refractivity contribution in [1.29, 1.82) is 0 Å². The fourth-order valence-corrected chi connectivity index (χ4v) is 2.51. The molecule has 1 aromatic carbocycles. The number of carboxylic acids is 1. The van der Waals surface area contributed by atoms with Crippen molar-refractivity contribution in [3.63, 3.8) is 0 Å². The van der Waals surface area contributed by atoms with Gasteiger partial charge in [-0.15, -0.1) is 0 Å². The maximum absolute atomic E-state index is 10.6. The third kappa shape index (κ3) is 3.61. The summed E-state index contributed by atoms with van der Waals surface area (Å²) in [5, 5.41) is 8.67. The molecule has 0 bridgehead atoms. The Morgan fingerprint density at radius 3 is 2.70 bits per heavy atom. The second-order valence-electron chi connectivity index (χ2n) is 5.17. The Labute approximate surface area is 119 Å². The van der Waals surface area contributed by atoms with E-state index in [2.05, 4.69) is 18.0 Å². The molecule has 1 N–H and O–H groups in total. The summed E-state index contributed by atoms with van der Waals surface area (Å²) in [4.78, 5) is 12.9. The van der Waals surface area contributed by atoms with Crippen LogP contribution in [0.3, 0.4) is 0 Å². The Balaban J connectivity index is 2.13. The monoisotopic (exact) mass is 275 g/mol. The van der Waals surface area contributed by atoms with Crippen molar-refractivity contribution in [2.75, 3.05) is 25.2 Å². The van der Waals surface area contributed by atoms with Crippen LogP contribution < -0.4 is 4.90 Å². The summed E-state index contributed by atoms with van der Waals surface area (Å²) in [5.74, 6) is -0.923. The third-order valence-electron chi connectivity index (χ3n) is 3.80. The van der Waals surface area contributed by atoms with E-state index >= 15 is 0 Å². The van der Waals surface area contributed by atoms with Gasteiger partial charge < -0.3 is 14.7 Å². The van der Waals surface area contributed by atoms with Gasteiger partial charge in [0.05, 0.1) is 0 Å². The number of rotatable bonds is 4. The van der Waals surface area contributed by atoms with E-state index < -0.39 is 5.97 Å². The van der Waals surface area contributed by atoms with Crippen LogP contribution in [-0.4, -0.2) is 37.4 Å². The van der Waals surface area contributed by atoms with E-state index in [1.54, 1.807) is 6.08 Å². The molecule has 1 aromatic rings. The van der Waals surface area contributed by atoms with E-state index in [1.165, 1.54) is 11.8 Å². The van der Waals surface area contributed by atoms with Crippen LogP contribution in [0.5, 0.6) is 0 Å². The summed E-state index contributed by atoms with van der Waals surface area (Å²) in [5.41, 5.74) is 3.19. The molecule has 2 rings (SSSR count). The zero-order chi connectivity index (χ0) is 14.5. The average Bonchev–Trinajstić information content (AvgIpc) is 2.46. The first-order valence-corrected chi connectivity index (χ1v) is 6.90. The summed E-state index contributed by atoms with van der Waals surface area (Å²) >= 11 is 0. The fraction of sp³-hybridized carbons (Fsp3) is 0.438.